The van der Waals surface area contributed by atoms with Crippen molar-refractivity contribution in [2.75, 3.05) is 7.11 Å². The van der Waals surface area contributed by atoms with Gasteiger partial charge in [-0.25, -0.2) is 0 Å². The van der Waals surface area contributed by atoms with Crippen LogP contribution in [-0.2, 0) is 0 Å². The number of pyridine rings is 1. The molecule has 2 rings (SSSR count). The molecule has 4 heteroatoms. The first kappa shape index (κ1) is 11.1. The van der Waals surface area contributed by atoms with Gasteiger partial charge in [0.05, 0.1) is 7.11 Å². The lowest BCUT2D eigenvalue weighted by atomic mass is 10.0. The summed E-state index contributed by atoms with van der Waals surface area (Å²) in [6.07, 6.45) is 3.12. The number of carbonyl (C=O) groups is 1. The minimum absolute atomic E-state index is 0.0128. The van der Waals surface area contributed by atoms with Gasteiger partial charge >= 0.3 is 0 Å². The molecule has 1 heterocycles. The first-order valence-electron chi connectivity index (χ1n) is 5.04. The van der Waals surface area contributed by atoms with E-state index in [1.165, 1.54) is 19.2 Å². The minimum Gasteiger partial charge on any atom is -0.504 e. The van der Waals surface area contributed by atoms with E-state index < -0.39 is 0 Å². The molecule has 2 aromatic rings. The number of benzene rings is 1. The molecule has 1 aromatic heterocycles. The van der Waals surface area contributed by atoms with Crippen LogP contribution in [0.2, 0.25) is 0 Å². The summed E-state index contributed by atoms with van der Waals surface area (Å²) in [7, 11) is 1.44. The molecule has 4 nitrogen and oxygen atoms in total. The predicted molar refractivity (Wildman–Crippen MR) is 62.3 cm³/mol. The Morgan fingerprint density at radius 3 is 2.53 bits per heavy atom. The van der Waals surface area contributed by atoms with Gasteiger partial charge in [0, 0.05) is 23.5 Å². The molecule has 0 spiro atoms. The summed E-state index contributed by atoms with van der Waals surface area (Å²) in [5.41, 5.74) is 1.01. The average Bonchev–Trinajstić information content (AvgIpc) is 2.39. The molecule has 0 amide bonds. The Hall–Kier alpha value is -2.36. The summed E-state index contributed by atoms with van der Waals surface area (Å²) in [6.45, 7) is 0. The number of ether oxygens (including phenoxy) is 1. The number of phenolic OH excluding ortho intramolecular Hbond substituents is 1. The van der Waals surface area contributed by atoms with E-state index in [0.717, 1.165) is 0 Å². The van der Waals surface area contributed by atoms with Crippen LogP contribution in [0, 0.1) is 0 Å². The van der Waals surface area contributed by atoms with Gasteiger partial charge in [0.2, 0.25) is 0 Å². The number of ketones is 1. The van der Waals surface area contributed by atoms with E-state index in [1.54, 1.807) is 30.6 Å². The molecule has 0 aliphatic heterocycles. The zero-order valence-electron chi connectivity index (χ0n) is 9.25. The van der Waals surface area contributed by atoms with Crippen LogP contribution in [0.25, 0.3) is 0 Å². The van der Waals surface area contributed by atoms with Crippen LogP contribution in [0.15, 0.2) is 42.7 Å². The number of carbonyl (C=O) groups excluding carboxylic acids is 1. The Bertz CT molecular complexity index is 538. The summed E-state index contributed by atoms with van der Waals surface area (Å²) >= 11 is 0. The Labute approximate surface area is 98.5 Å². The largest absolute Gasteiger partial charge is 0.504 e. The quantitative estimate of drug-likeness (QED) is 0.818. The number of hydrogen-bond acceptors (Lipinski definition) is 4. The summed E-state index contributed by atoms with van der Waals surface area (Å²) < 4.78 is 4.96. The second-order valence-corrected chi connectivity index (χ2v) is 3.45. The maximum absolute atomic E-state index is 12.1. The molecular formula is C13H11NO3. The molecule has 0 atom stereocenters. The van der Waals surface area contributed by atoms with Crippen LogP contribution in [0.3, 0.4) is 0 Å². The fourth-order valence-electron chi connectivity index (χ4n) is 1.49. The molecule has 0 aliphatic rings. The lowest BCUT2D eigenvalue weighted by Crippen LogP contribution is -2.01. The molecule has 0 fully saturated rings. The van der Waals surface area contributed by atoms with Crippen LogP contribution in [-0.4, -0.2) is 23.0 Å². The van der Waals surface area contributed by atoms with Crippen molar-refractivity contribution in [1.29, 1.82) is 0 Å². The monoisotopic (exact) mass is 229 g/mol. The number of phenols is 1. The van der Waals surface area contributed by atoms with Crippen molar-refractivity contribution in [3.05, 3.63) is 53.9 Å². The fraction of sp³-hybridized carbons (Fsp3) is 0.0769. The highest BCUT2D eigenvalue weighted by Gasteiger charge is 2.11. The molecule has 0 aliphatic carbocycles. The highest BCUT2D eigenvalue weighted by molar-refractivity contribution is 6.09. The van der Waals surface area contributed by atoms with Crippen molar-refractivity contribution in [1.82, 2.24) is 4.98 Å². The molecule has 0 saturated heterocycles. The van der Waals surface area contributed by atoms with E-state index in [0.29, 0.717) is 11.1 Å². The van der Waals surface area contributed by atoms with Gasteiger partial charge in [0.1, 0.15) is 0 Å². The second kappa shape index (κ2) is 4.65. The van der Waals surface area contributed by atoms with Crippen molar-refractivity contribution >= 4 is 5.78 Å². The van der Waals surface area contributed by atoms with Crippen LogP contribution < -0.4 is 4.74 Å². The smallest absolute Gasteiger partial charge is 0.193 e. The Morgan fingerprint density at radius 2 is 1.88 bits per heavy atom. The summed E-state index contributed by atoms with van der Waals surface area (Å²) in [6, 6.07) is 7.79. The van der Waals surface area contributed by atoms with E-state index in [9.17, 15) is 9.90 Å². The second-order valence-electron chi connectivity index (χ2n) is 3.45. The summed E-state index contributed by atoms with van der Waals surface area (Å²) in [5.74, 6) is 0.161. The first-order chi connectivity index (χ1) is 8.22. The molecule has 86 valence electrons. The van der Waals surface area contributed by atoms with Gasteiger partial charge in [-0.05, 0) is 30.3 Å². The van der Waals surface area contributed by atoms with E-state index >= 15 is 0 Å². The minimum atomic E-state index is -0.134. The number of hydrogen-bond donors (Lipinski definition) is 1. The molecule has 1 aromatic carbocycles. The van der Waals surface area contributed by atoms with Gasteiger partial charge in [0.15, 0.2) is 17.3 Å². The number of methoxy groups -OCH3 is 1. The molecule has 17 heavy (non-hydrogen) atoms. The van der Waals surface area contributed by atoms with Crippen molar-refractivity contribution in [3.63, 3.8) is 0 Å². The molecular weight excluding hydrogens is 218 g/mol. The lowest BCUT2D eigenvalue weighted by molar-refractivity contribution is 0.103. The standard InChI is InChI=1S/C13H11NO3/c1-17-12-8-10(2-3-11(12)15)13(16)9-4-6-14-7-5-9/h2-8,15H,1H3. The van der Waals surface area contributed by atoms with Crippen molar-refractivity contribution in [3.8, 4) is 11.5 Å². The number of aromatic hydroxyl groups is 1. The topological polar surface area (TPSA) is 59.4 Å². The molecule has 0 bridgehead atoms. The summed E-state index contributed by atoms with van der Waals surface area (Å²) in [5, 5.41) is 9.44. The Kier molecular flexibility index (Phi) is 3.05. The number of aromatic nitrogens is 1. The van der Waals surface area contributed by atoms with E-state index in [-0.39, 0.29) is 17.3 Å². The SMILES string of the molecule is COc1cc(C(=O)c2ccncc2)ccc1O. The molecule has 0 radical (unpaired) electrons. The van der Waals surface area contributed by atoms with Gasteiger partial charge in [-0.15, -0.1) is 0 Å². The first-order valence-corrected chi connectivity index (χ1v) is 5.04. The average molecular weight is 229 g/mol. The maximum atomic E-state index is 12.1. The van der Waals surface area contributed by atoms with Gasteiger partial charge in [-0.2, -0.15) is 0 Å². The van der Waals surface area contributed by atoms with Crippen molar-refractivity contribution < 1.29 is 14.6 Å². The number of nitrogens with zero attached hydrogens (tertiary/aromatic N) is 1. The third-order valence-electron chi connectivity index (χ3n) is 2.38. The van der Waals surface area contributed by atoms with Crippen LogP contribution in [0.1, 0.15) is 15.9 Å². The normalized spacial score (nSPS) is 9.94. The maximum Gasteiger partial charge on any atom is 0.193 e. The third kappa shape index (κ3) is 2.25. The molecule has 0 saturated carbocycles. The van der Waals surface area contributed by atoms with Crippen molar-refractivity contribution in [2.24, 2.45) is 0 Å². The van der Waals surface area contributed by atoms with Gasteiger partial charge < -0.3 is 9.84 Å². The van der Waals surface area contributed by atoms with Gasteiger partial charge in [-0.3, -0.25) is 9.78 Å². The number of rotatable bonds is 3. The van der Waals surface area contributed by atoms with Crippen LogP contribution in [0.5, 0.6) is 11.5 Å². The predicted octanol–water partition coefficient (Wildman–Crippen LogP) is 2.03. The van der Waals surface area contributed by atoms with Crippen LogP contribution >= 0.6 is 0 Å². The van der Waals surface area contributed by atoms with E-state index in [2.05, 4.69) is 4.98 Å². The van der Waals surface area contributed by atoms with Crippen molar-refractivity contribution in [2.45, 2.75) is 0 Å². The molecule has 0 unspecified atom stereocenters. The lowest BCUT2D eigenvalue weighted by Gasteiger charge is -2.05. The van der Waals surface area contributed by atoms with E-state index in [1.807, 2.05) is 0 Å². The zero-order chi connectivity index (χ0) is 12.3. The fourth-order valence-corrected chi connectivity index (χ4v) is 1.49. The van der Waals surface area contributed by atoms with E-state index in [4.69, 9.17) is 4.74 Å². The third-order valence-corrected chi connectivity index (χ3v) is 2.38. The zero-order valence-corrected chi connectivity index (χ0v) is 9.25. The van der Waals surface area contributed by atoms with Gasteiger partial charge in [0.25, 0.3) is 0 Å². The molecule has 1 N–H and O–H groups in total. The highest BCUT2D eigenvalue weighted by atomic mass is 16.5. The highest BCUT2D eigenvalue weighted by Crippen LogP contribution is 2.27. The van der Waals surface area contributed by atoms with Crippen LogP contribution in [0.4, 0.5) is 0 Å². The van der Waals surface area contributed by atoms with Gasteiger partial charge in [-0.1, -0.05) is 0 Å². The Morgan fingerprint density at radius 1 is 1.18 bits per heavy atom. The Balaban J connectivity index is 2.38. The summed E-state index contributed by atoms with van der Waals surface area (Å²) in [4.78, 5) is 15.9.